The SMILES string of the molecule is CCN(CC)c1cc(C)c2nc3c4ccccc4/c(=N\c4ccncc4)cc-3oc2c1. The smallest absolute Gasteiger partial charge is 0.155 e. The summed E-state index contributed by atoms with van der Waals surface area (Å²) in [5.74, 6) is 0.732. The van der Waals surface area contributed by atoms with Crippen molar-refractivity contribution in [3.63, 3.8) is 0 Å². The largest absolute Gasteiger partial charge is 0.453 e. The third-order valence-corrected chi connectivity index (χ3v) is 5.69. The maximum Gasteiger partial charge on any atom is 0.155 e. The van der Waals surface area contributed by atoms with Crippen LogP contribution in [0.1, 0.15) is 19.4 Å². The van der Waals surface area contributed by atoms with Crippen LogP contribution in [0.3, 0.4) is 0 Å². The number of aryl methyl sites for hydroxylation is 1. The molecule has 0 fully saturated rings. The first kappa shape index (κ1) is 19.2. The highest BCUT2D eigenvalue weighted by atomic mass is 16.3. The fourth-order valence-electron chi connectivity index (χ4n) is 4.11. The first-order valence-corrected chi connectivity index (χ1v) is 10.6. The van der Waals surface area contributed by atoms with Crippen LogP contribution in [0, 0.1) is 6.92 Å². The van der Waals surface area contributed by atoms with Crippen LogP contribution < -0.4 is 10.3 Å². The Hall–Kier alpha value is -3.73. The zero-order valence-electron chi connectivity index (χ0n) is 18.0. The van der Waals surface area contributed by atoms with E-state index >= 15 is 0 Å². The number of benzene rings is 3. The number of rotatable bonds is 4. The number of nitrogens with zero attached hydrogens (tertiary/aromatic N) is 4. The molecule has 0 spiro atoms. The molecule has 0 radical (unpaired) electrons. The number of hydrogen-bond donors (Lipinski definition) is 0. The van der Waals surface area contributed by atoms with E-state index < -0.39 is 0 Å². The summed E-state index contributed by atoms with van der Waals surface area (Å²) >= 11 is 0. The Morgan fingerprint density at radius 1 is 0.935 bits per heavy atom. The lowest BCUT2D eigenvalue weighted by Crippen LogP contribution is -2.21. The molecule has 1 aliphatic heterocycles. The maximum atomic E-state index is 6.43. The van der Waals surface area contributed by atoms with E-state index in [0.717, 1.165) is 68.7 Å². The van der Waals surface area contributed by atoms with Crippen LogP contribution in [0.15, 0.2) is 76.4 Å². The van der Waals surface area contributed by atoms with Crippen LogP contribution >= 0.6 is 0 Å². The molecule has 2 aromatic carbocycles. The highest BCUT2D eigenvalue weighted by Gasteiger charge is 2.17. The lowest BCUT2D eigenvalue weighted by atomic mass is 10.0. The molecule has 1 aromatic heterocycles. The average Bonchev–Trinajstić information content (AvgIpc) is 2.80. The molecule has 3 aromatic rings. The van der Waals surface area contributed by atoms with Gasteiger partial charge in [-0.3, -0.25) is 4.98 Å². The van der Waals surface area contributed by atoms with Gasteiger partial charge in [-0.15, -0.1) is 0 Å². The third kappa shape index (κ3) is 3.42. The van der Waals surface area contributed by atoms with Crippen molar-refractivity contribution >= 4 is 33.2 Å². The predicted octanol–water partition coefficient (Wildman–Crippen LogP) is 5.87. The van der Waals surface area contributed by atoms with Crippen molar-refractivity contribution in [2.75, 3.05) is 18.0 Å². The first-order chi connectivity index (χ1) is 15.2. The molecule has 154 valence electrons. The van der Waals surface area contributed by atoms with Crippen LogP contribution in [-0.4, -0.2) is 23.1 Å². The molecule has 0 unspecified atom stereocenters. The second-order valence-electron chi connectivity index (χ2n) is 7.60. The van der Waals surface area contributed by atoms with Crippen molar-refractivity contribution in [2.24, 2.45) is 4.99 Å². The van der Waals surface area contributed by atoms with Gasteiger partial charge in [-0.1, -0.05) is 24.3 Å². The molecule has 5 heteroatoms. The van der Waals surface area contributed by atoms with Crippen LogP contribution in [-0.2, 0) is 0 Å². The van der Waals surface area contributed by atoms with Crippen LogP contribution in [0.25, 0.3) is 33.3 Å². The van der Waals surface area contributed by atoms with E-state index in [-0.39, 0.29) is 0 Å². The highest BCUT2D eigenvalue weighted by molar-refractivity contribution is 5.97. The Labute approximate surface area is 181 Å². The van der Waals surface area contributed by atoms with Gasteiger partial charge < -0.3 is 9.32 Å². The van der Waals surface area contributed by atoms with E-state index in [9.17, 15) is 0 Å². The van der Waals surface area contributed by atoms with Gasteiger partial charge in [-0.25, -0.2) is 9.98 Å². The van der Waals surface area contributed by atoms with E-state index in [1.54, 1.807) is 12.4 Å². The molecule has 0 bridgehead atoms. The second kappa shape index (κ2) is 7.84. The summed E-state index contributed by atoms with van der Waals surface area (Å²) < 4.78 is 6.43. The maximum absolute atomic E-state index is 6.43. The molecule has 31 heavy (non-hydrogen) atoms. The summed E-state index contributed by atoms with van der Waals surface area (Å²) in [5, 5.41) is 2.94. The Balaban J connectivity index is 1.83. The van der Waals surface area contributed by atoms with E-state index in [1.165, 1.54) is 0 Å². The molecular formula is C26H24N4O. The van der Waals surface area contributed by atoms with Crippen molar-refractivity contribution in [1.82, 2.24) is 9.97 Å². The lowest BCUT2D eigenvalue weighted by molar-refractivity contribution is 0.613. The second-order valence-corrected chi connectivity index (χ2v) is 7.60. The Morgan fingerprint density at radius 3 is 2.42 bits per heavy atom. The Kier molecular flexibility index (Phi) is 4.86. The number of pyridine rings is 1. The summed E-state index contributed by atoms with van der Waals surface area (Å²) in [6, 6.07) is 18.3. The van der Waals surface area contributed by atoms with Gasteiger partial charge in [-0.2, -0.15) is 0 Å². The van der Waals surface area contributed by atoms with E-state index in [0.29, 0.717) is 0 Å². The summed E-state index contributed by atoms with van der Waals surface area (Å²) in [5.41, 5.74) is 5.66. The molecule has 0 saturated carbocycles. The van der Waals surface area contributed by atoms with E-state index in [4.69, 9.17) is 14.4 Å². The molecule has 0 saturated heterocycles. The average molecular weight is 409 g/mol. The van der Waals surface area contributed by atoms with Gasteiger partial charge >= 0.3 is 0 Å². The Morgan fingerprint density at radius 2 is 1.68 bits per heavy atom. The van der Waals surface area contributed by atoms with Gasteiger partial charge in [0.2, 0.25) is 0 Å². The minimum Gasteiger partial charge on any atom is -0.453 e. The van der Waals surface area contributed by atoms with Gasteiger partial charge in [0, 0.05) is 54.1 Å². The van der Waals surface area contributed by atoms with E-state index in [1.807, 2.05) is 30.3 Å². The normalized spacial score (nSPS) is 12.2. The van der Waals surface area contributed by atoms with Crippen LogP contribution in [0.4, 0.5) is 11.4 Å². The lowest BCUT2D eigenvalue weighted by Gasteiger charge is -2.22. The van der Waals surface area contributed by atoms with Gasteiger partial charge in [-0.05, 0) is 44.5 Å². The van der Waals surface area contributed by atoms with Crippen molar-refractivity contribution in [3.8, 4) is 11.5 Å². The summed E-state index contributed by atoms with van der Waals surface area (Å²) in [6.07, 6.45) is 3.50. The monoisotopic (exact) mass is 408 g/mol. The van der Waals surface area contributed by atoms with Crippen LogP contribution in [0.2, 0.25) is 0 Å². The van der Waals surface area contributed by atoms with Crippen molar-refractivity contribution in [1.29, 1.82) is 0 Å². The van der Waals surface area contributed by atoms with Crippen molar-refractivity contribution < 1.29 is 4.42 Å². The number of aromatic nitrogens is 2. The standard InChI is InChI=1S/C26H24N4O/c1-4-30(5-2)19-14-17(3)25-23(15-19)31-24-16-22(28-18-10-12-27-13-11-18)20-8-6-7-9-21(20)26(24)29-25/h6-16H,4-5H2,1-3H3/b28-22-. The van der Waals surface area contributed by atoms with Gasteiger partial charge in [0.25, 0.3) is 0 Å². The molecule has 5 nitrogen and oxygen atoms in total. The Bertz CT molecular complexity index is 1420. The minimum absolute atomic E-state index is 0.732. The number of fused-ring (bicyclic) bond motifs is 4. The molecule has 0 amide bonds. The quantitative estimate of drug-likeness (QED) is 0.276. The molecule has 2 aliphatic rings. The zero-order valence-corrected chi connectivity index (χ0v) is 18.0. The van der Waals surface area contributed by atoms with Crippen molar-refractivity contribution in [2.45, 2.75) is 20.8 Å². The van der Waals surface area contributed by atoms with Crippen molar-refractivity contribution in [3.05, 3.63) is 77.9 Å². The predicted molar refractivity (Wildman–Crippen MR) is 126 cm³/mol. The fraction of sp³-hybridized carbons (Fsp3) is 0.192. The summed E-state index contributed by atoms with van der Waals surface area (Å²) in [6.45, 7) is 8.32. The van der Waals surface area contributed by atoms with Gasteiger partial charge in [0.1, 0.15) is 11.2 Å². The van der Waals surface area contributed by atoms with Gasteiger partial charge in [0.15, 0.2) is 11.3 Å². The van der Waals surface area contributed by atoms with Crippen LogP contribution in [0.5, 0.6) is 0 Å². The molecule has 5 rings (SSSR count). The number of hydrogen-bond acceptors (Lipinski definition) is 5. The third-order valence-electron chi connectivity index (χ3n) is 5.69. The molecular weight excluding hydrogens is 384 g/mol. The van der Waals surface area contributed by atoms with Gasteiger partial charge in [0.05, 0.1) is 11.0 Å². The number of anilines is 1. The molecule has 2 heterocycles. The topological polar surface area (TPSA) is 54.5 Å². The molecule has 0 atom stereocenters. The zero-order chi connectivity index (χ0) is 21.4. The first-order valence-electron chi connectivity index (χ1n) is 10.6. The summed E-state index contributed by atoms with van der Waals surface area (Å²) in [4.78, 5) is 16.3. The highest BCUT2D eigenvalue weighted by Crippen LogP contribution is 2.33. The summed E-state index contributed by atoms with van der Waals surface area (Å²) in [7, 11) is 0. The molecule has 0 N–H and O–H groups in total. The fourth-order valence-corrected chi connectivity index (χ4v) is 4.11. The van der Waals surface area contributed by atoms with E-state index in [2.05, 4.69) is 54.9 Å². The minimum atomic E-state index is 0.732. The molecule has 1 aliphatic carbocycles.